The lowest BCUT2D eigenvalue weighted by Gasteiger charge is -2.44. The summed E-state index contributed by atoms with van der Waals surface area (Å²) in [5.74, 6) is 1.55. The van der Waals surface area contributed by atoms with Gasteiger partial charge in [0.15, 0.2) is 12.0 Å². The van der Waals surface area contributed by atoms with E-state index in [9.17, 15) is 4.79 Å². The lowest BCUT2D eigenvalue weighted by molar-refractivity contribution is -0.132. The molecule has 0 spiro atoms. The number of amides is 1. The van der Waals surface area contributed by atoms with Crippen molar-refractivity contribution in [1.82, 2.24) is 29.5 Å². The molecule has 1 amide bonds. The molecule has 2 aromatic heterocycles. The van der Waals surface area contributed by atoms with E-state index in [1.165, 1.54) is 0 Å². The Labute approximate surface area is 354 Å². The maximum Gasteiger partial charge on any atom is 0.241 e. The van der Waals surface area contributed by atoms with E-state index < -0.39 is 5.54 Å². The summed E-state index contributed by atoms with van der Waals surface area (Å²) in [7, 11) is 0. The van der Waals surface area contributed by atoms with Gasteiger partial charge >= 0.3 is 0 Å². The number of hydrogen-bond acceptors (Lipinski definition) is 8. The highest BCUT2D eigenvalue weighted by Gasteiger charge is 2.57. The summed E-state index contributed by atoms with van der Waals surface area (Å²) in [6.45, 7) is 5.74. The molecule has 7 aromatic rings. The Morgan fingerprint density at radius 3 is 2.22 bits per heavy atom. The van der Waals surface area contributed by atoms with Gasteiger partial charge in [-0.2, -0.15) is 5.10 Å². The van der Waals surface area contributed by atoms with Crippen LogP contribution in [0, 0.1) is 6.92 Å². The lowest BCUT2D eigenvalue weighted by atomic mass is 9.76. The second-order valence-electron chi connectivity index (χ2n) is 16.5. The van der Waals surface area contributed by atoms with Crippen LogP contribution in [0.1, 0.15) is 54.2 Å². The van der Waals surface area contributed by atoms with E-state index in [4.69, 9.17) is 36.1 Å². The van der Waals surface area contributed by atoms with Crippen LogP contribution in [0.2, 0.25) is 5.02 Å². The van der Waals surface area contributed by atoms with Gasteiger partial charge in [-0.25, -0.2) is 14.6 Å². The van der Waals surface area contributed by atoms with Crippen molar-refractivity contribution in [3.05, 3.63) is 149 Å². The van der Waals surface area contributed by atoms with E-state index in [1.54, 1.807) is 6.33 Å². The third-order valence-corrected chi connectivity index (χ3v) is 13.5. The van der Waals surface area contributed by atoms with Gasteiger partial charge in [0, 0.05) is 50.2 Å². The molecule has 0 N–H and O–H groups in total. The molecule has 11 rings (SSSR count). The van der Waals surface area contributed by atoms with Gasteiger partial charge in [0.2, 0.25) is 5.91 Å². The average molecular weight is 816 g/mol. The van der Waals surface area contributed by atoms with Crippen molar-refractivity contribution < 1.29 is 14.3 Å². The first-order chi connectivity index (χ1) is 29.5. The fourth-order valence-electron chi connectivity index (χ4n) is 10.3. The van der Waals surface area contributed by atoms with E-state index in [1.807, 2.05) is 10.9 Å². The molecule has 2 unspecified atom stereocenters. The molecule has 0 radical (unpaired) electrons. The SMILES string of the molecule is Cc1ccc2c(cnn2C2CCCCO2)c1-c1cc2ncnc3c2c(c1Cl)OCC[C@@H]1CN(C(=O)[C@H]2CN2C(c2ccccc2)(c2ccccc2)c2ccccc2)CCN31. The predicted octanol–water partition coefficient (Wildman–Crippen LogP) is 8.78. The summed E-state index contributed by atoms with van der Waals surface area (Å²) in [4.78, 5) is 31.2. The van der Waals surface area contributed by atoms with Gasteiger partial charge in [-0.05, 0) is 66.1 Å². The third kappa shape index (κ3) is 5.98. The van der Waals surface area contributed by atoms with E-state index in [-0.39, 0.29) is 24.2 Å². The molecule has 60 heavy (non-hydrogen) atoms. The Hall–Kier alpha value is -5.81. The first kappa shape index (κ1) is 37.2. The quantitative estimate of drug-likeness (QED) is 0.117. The maximum atomic E-state index is 14.7. The molecule has 3 saturated heterocycles. The molecule has 11 heteroatoms. The first-order valence-corrected chi connectivity index (χ1v) is 21.6. The third-order valence-electron chi connectivity index (χ3n) is 13.2. The van der Waals surface area contributed by atoms with Crippen LogP contribution in [0.15, 0.2) is 122 Å². The number of hydrogen-bond donors (Lipinski definition) is 0. The summed E-state index contributed by atoms with van der Waals surface area (Å²) in [6, 6.07) is 37.9. The van der Waals surface area contributed by atoms with Crippen molar-refractivity contribution in [1.29, 1.82) is 0 Å². The van der Waals surface area contributed by atoms with Crippen molar-refractivity contribution in [3.63, 3.8) is 0 Å². The number of fused-ring (bicyclic) bond motifs is 3. The highest BCUT2D eigenvalue weighted by atomic mass is 35.5. The molecule has 6 heterocycles. The zero-order valence-electron chi connectivity index (χ0n) is 33.6. The van der Waals surface area contributed by atoms with Gasteiger partial charge in [-0.1, -0.05) is 109 Å². The number of carbonyl (C=O) groups excluding carboxylic acids is 1. The zero-order valence-corrected chi connectivity index (χ0v) is 34.3. The number of piperazine rings is 1. The van der Waals surface area contributed by atoms with Gasteiger partial charge in [0.25, 0.3) is 0 Å². The van der Waals surface area contributed by atoms with Crippen LogP contribution in [0.4, 0.5) is 5.82 Å². The summed E-state index contributed by atoms with van der Waals surface area (Å²) in [5, 5.41) is 7.18. The van der Waals surface area contributed by atoms with E-state index >= 15 is 0 Å². The van der Waals surface area contributed by atoms with Crippen molar-refractivity contribution in [3.8, 4) is 16.9 Å². The van der Waals surface area contributed by atoms with Crippen LogP contribution >= 0.6 is 11.6 Å². The minimum Gasteiger partial charge on any atom is -0.491 e. The zero-order chi connectivity index (χ0) is 40.4. The predicted molar refractivity (Wildman–Crippen MR) is 234 cm³/mol. The molecule has 4 atom stereocenters. The molecule has 302 valence electrons. The maximum absolute atomic E-state index is 14.7. The molecular formula is C49H46ClN7O3. The molecule has 4 aliphatic heterocycles. The van der Waals surface area contributed by atoms with Crippen molar-refractivity contribution in [2.45, 2.75) is 56.5 Å². The average Bonchev–Trinajstić information content (AvgIpc) is 3.98. The molecule has 10 nitrogen and oxygen atoms in total. The minimum absolute atomic E-state index is 0.00515. The van der Waals surface area contributed by atoms with Crippen molar-refractivity contribution in [2.24, 2.45) is 0 Å². The fourth-order valence-corrected chi connectivity index (χ4v) is 10.6. The summed E-state index contributed by atoms with van der Waals surface area (Å²) < 4.78 is 14.8. The van der Waals surface area contributed by atoms with Gasteiger partial charge in [0.1, 0.15) is 18.2 Å². The van der Waals surface area contributed by atoms with Crippen LogP contribution in [-0.2, 0) is 15.1 Å². The van der Waals surface area contributed by atoms with Crippen molar-refractivity contribution in [2.75, 3.05) is 44.3 Å². The molecule has 0 aliphatic carbocycles. The minimum atomic E-state index is -0.622. The van der Waals surface area contributed by atoms with E-state index in [0.29, 0.717) is 50.0 Å². The Balaban J connectivity index is 0.907. The Morgan fingerprint density at radius 1 is 0.817 bits per heavy atom. The fraction of sp³-hybridized carbons (Fsp3) is 0.306. The number of aryl methyl sites for hydroxylation is 1. The van der Waals surface area contributed by atoms with Gasteiger partial charge in [-0.3, -0.25) is 9.69 Å². The Bertz CT molecular complexity index is 2630. The van der Waals surface area contributed by atoms with Gasteiger partial charge < -0.3 is 19.3 Å². The Kier molecular flexibility index (Phi) is 9.32. The summed E-state index contributed by atoms with van der Waals surface area (Å²) in [5.41, 5.74) is 7.54. The molecule has 4 aliphatic rings. The number of carbonyl (C=O) groups is 1. The van der Waals surface area contributed by atoms with Crippen molar-refractivity contribution >= 4 is 45.1 Å². The van der Waals surface area contributed by atoms with E-state index in [2.05, 4.69) is 131 Å². The first-order valence-electron chi connectivity index (χ1n) is 21.2. The molecule has 5 aromatic carbocycles. The largest absolute Gasteiger partial charge is 0.491 e. The van der Waals surface area contributed by atoms with Crippen LogP contribution in [-0.4, -0.2) is 86.9 Å². The molecule has 0 bridgehead atoms. The van der Waals surface area contributed by atoms with Crippen LogP contribution < -0.4 is 9.64 Å². The molecular weight excluding hydrogens is 770 g/mol. The normalized spacial score (nSPS) is 21.6. The van der Waals surface area contributed by atoms with Gasteiger partial charge in [0.05, 0.1) is 45.8 Å². The Morgan fingerprint density at radius 2 is 1.53 bits per heavy atom. The standard InChI is InChI=1S/C49H46ClN7O3/c1-32-20-21-40-38(28-53-57(40)42-19-11-12-25-59-42)43(32)37-27-39-44-46(45(37)50)60-26-22-36-29-54(23-24-55(36)47(44)52-31-51-39)48(58)41-30-56(41)49(33-13-5-2-6-14-33,34-15-7-3-8-16-34)35-17-9-4-10-18-35/h2-10,13-18,20-21,27-28,31,36,41-42H,11-12,19,22-26,29-30H2,1H3/t36-,41-,42?,56?/m1/s1. The van der Waals surface area contributed by atoms with Crippen LogP contribution in [0.3, 0.4) is 0 Å². The number of benzene rings is 5. The summed E-state index contributed by atoms with van der Waals surface area (Å²) in [6.07, 6.45) is 7.33. The number of anilines is 1. The number of ether oxygens (including phenoxy) is 2. The second kappa shape index (κ2) is 15.0. The topological polar surface area (TPSA) is 88.6 Å². The number of rotatable bonds is 7. The lowest BCUT2D eigenvalue weighted by Crippen LogP contribution is -2.57. The second-order valence-corrected chi connectivity index (χ2v) is 16.9. The number of halogens is 1. The number of aromatic nitrogens is 4. The highest BCUT2D eigenvalue weighted by Crippen LogP contribution is 2.50. The van der Waals surface area contributed by atoms with E-state index in [0.717, 1.165) is 86.9 Å². The highest BCUT2D eigenvalue weighted by molar-refractivity contribution is 6.37. The number of nitrogens with zero attached hydrogens (tertiary/aromatic N) is 7. The monoisotopic (exact) mass is 815 g/mol. The summed E-state index contributed by atoms with van der Waals surface area (Å²) >= 11 is 7.44. The molecule has 0 saturated carbocycles. The van der Waals surface area contributed by atoms with Crippen LogP contribution in [0.25, 0.3) is 32.9 Å². The van der Waals surface area contributed by atoms with Crippen LogP contribution in [0.5, 0.6) is 5.75 Å². The van der Waals surface area contributed by atoms with Gasteiger partial charge in [-0.15, -0.1) is 0 Å². The molecule has 3 fully saturated rings. The smallest absolute Gasteiger partial charge is 0.241 e.